The summed E-state index contributed by atoms with van der Waals surface area (Å²) in [6.45, 7) is 12.3. The molecule has 1 aliphatic rings. The van der Waals surface area contributed by atoms with Gasteiger partial charge in [-0.3, -0.25) is 0 Å². The second kappa shape index (κ2) is 5.19. The third-order valence-corrected chi connectivity index (χ3v) is 3.85. The molecule has 0 radical (unpaired) electrons. The number of rotatable bonds is 3. The summed E-state index contributed by atoms with van der Waals surface area (Å²) in [5.74, 6) is 0. The summed E-state index contributed by atoms with van der Waals surface area (Å²) >= 11 is 0. The molecule has 1 fully saturated rings. The fourth-order valence-electron chi connectivity index (χ4n) is 2.51. The van der Waals surface area contributed by atoms with Crippen LogP contribution in [0.1, 0.15) is 38.8 Å². The number of nitrogens with zero attached hydrogens (tertiary/aromatic N) is 1. The number of aliphatic hydroxyl groups is 1. The van der Waals surface area contributed by atoms with Gasteiger partial charge in [-0.2, -0.15) is 0 Å². The number of hydrogen-bond donors (Lipinski definition) is 2. The Morgan fingerprint density at radius 3 is 2.57 bits per heavy atom. The van der Waals surface area contributed by atoms with Crippen molar-refractivity contribution in [3.8, 4) is 0 Å². The van der Waals surface area contributed by atoms with Crippen molar-refractivity contribution < 1.29 is 9.90 Å². The number of carbonyl (C=O) groups excluding carboxylic acids is 1. The van der Waals surface area contributed by atoms with E-state index in [1.165, 1.54) is 0 Å². The number of likely N-dealkylation sites (tertiary alicyclic amines) is 1. The third-order valence-electron chi connectivity index (χ3n) is 3.85. The molecule has 1 saturated heterocycles. The molecule has 2 N–H and O–H groups in total. The van der Waals surface area contributed by atoms with Crippen LogP contribution in [-0.2, 0) is 5.54 Å². The fraction of sp³-hybridized carbons (Fsp3) is 0.471. The molecule has 2 rings (SSSR count). The number of carbonyl (C=O) groups is 1. The molecule has 1 aromatic carbocycles. The van der Waals surface area contributed by atoms with Crippen LogP contribution in [-0.4, -0.2) is 34.7 Å². The van der Waals surface area contributed by atoms with Crippen molar-refractivity contribution in [1.29, 1.82) is 0 Å². The number of benzene rings is 1. The van der Waals surface area contributed by atoms with Gasteiger partial charge in [-0.25, -0.2) is 4.79 Å². The second-order valence-corrected chi connectivity index (χ2v) is 6.77. The quantitative estimate of drug-likeness (QED) is 0.898. The summed E-state index contributed by atoms with van der Waals surface area (Å²) in [5, 5.41) is 12.7. The first-order valence-electron chi connectivity index (χ1n) is 7.17. The van der Waals surface area contributed by atoms with Crippen LogP contribution in [0.4, 0.5) is 4.79 Å². The molecule has 0 aliphatic carbocycles. The van der Waals surface area contributed by atoms with E-state index >= 15 is 0 Å². The van der Waals surface area contributed by atoms with E-state index in [0.717, 1.165) is 16.7 Å². The molecule has 0 saturated carbocycles. The van der Waals surface area contributed by atoms with E-state index in [1.54, 1.807) is 11.8 Å². The van der Waals surface area contributed by atoms with Gasteiger partial charge in [0.2, 0.25) is 0 Å². The maximum Gasteiger partial charge on any atom is 0.318 e. The summed E-state index contributed by atoms with van der Waals surface area (Å²) < 4.78 is 0. The minimum absolute atomic E-state index is 0.146. The van der Waals surface area contributed by atoms with Crippen molar-refractivity contribution in [3.05, 3.63) is 42.0 Å². The Kier molecular flexibility index (Phi) is 3.85. The van der Waals surface area contributed by atoms with Gasteiger partial charge in [0.05, 0.1) is 24.2 Å². The molecule has 0 aromatic heterocycles. The number of allylic oxidation sites excluding steroid dienone is 1. The van der Waals surface area contributed by atoms with Crippen LogP contribution in [0.3, 0.4) is 0 Å². The Bertz CT molecular complexity index is 568. The maximum atomic E-state index is 12.2. The number of hydrogen-bond acceptors (Lipinski definition) is 2. The van der Waals surface area contributed by atoms with Gasteiger partial charge in [0, 0.05) is 0 Å². The smallest absolute Gasteiger partial charge is 0.318 e. The Labute approximate surface area is 126 Å². The Morgan fingerprint density at radius 2 is 2.05 bits per heavy atom. The molecule has 4 nitrogen and oxygen atoms in total. The summed E-state index contributed by atoms with van der Waals surface area (Å²) in [6, 6.07) is 7.89. The van der Waals surface area contributed by atoms with Gasteiger partial charge in [0.15, 0.2) is 0 Å². The van der Waals surface area contributed by atoms with Gasteiger partial charge in [-0.05, 0) is 44.9 Å². The summed E-state index contributed by atoms with van der Waals surface area (Å²) in [4.78, 5) is 13.8. The van der Waals surface area contributed by atoms with Gasteiger partial charge >= 0.3 is 6.03 Å². The lowest BCUT2D eigenvalue weighted by Crippen LogP contribution is -2.65. The van der Waals surface area contributed by atoms with Crippen molar-refractivity contribution in [2.75, 3.05) is 13.1 Å². The molecule has 4 heteroatoms. The molecule has 0 atom stereocenters. The Hall–Kier alpha value is -1.81. The van der Waals surface area contributed by atoms with Gasteiger partial charge < -0.3 is 15.3 Å². The highest BCUT2D eigenvalue weighted by molar-refractivity contribution is 5.76. The van der Waals surface area contributed by atoms with E-state index in [9.17, 15) is 9.90 Å². The van der Waals surface area contributed by atoms with Crippen LogP contribution in [0.2, 0.25) is 0 Å². The molecule has 0 unspecified atom stereocenters. The zero-order valence-electron chi connectivity index (χ0n) is 13.2. The minimum atomic E-state index is -0.749. The predicted octanol–water partition coefficient (Wildman–Crippen LogP) is 2.73. The highest BCUT2D eigenvalue weighted by Crippen LogP contribution is 2.25. The van der Waals surface area contributed by atoms with Crippen LogP contribution in [0, 0.1) is 0 Å². The lowest BCUT2D eigenvalue weighted by molar-refractivity contribution is -0.0617. The summed E-state index contributed by atoms with van der Waals surface area (Å²) in [7, 11) is 0. The Balaban J connectivity index is 2.09. The first-order chi connectivity index (χ1) is 9.61. The molecule has 1 aliphatic heterocycles. The van der Waals surface area contributed by atoms with E-state index in [1.807, 2.05) is 39.0 Å². The zero-order chi connectivity index (χ0) is 15.8. The molecule has 1 heterocycles. The molecule has 114 valence electrons. The average Bonchev–Trinajstić information content (AvgIpc) is 2.35. The van der Waals surface area contributed by atoms with Crippen molar-refractivity contribution >= 4 is 11.6 Å². The van der Waals surface area contributed by atoms with Crippen LogP contribution < -0.4 is 5.32 Å². The molecular weight excluding hydrogens is 264 g/mol. The topological polar surface area (TPSA) is 52.6 Å². The van der Waals surface area contributed by atoms with E-state index in [4.69, 9.17) is 0 Å². The van der Waals surface area contributed by atoms with Crippen molar-refractivity contribution in [3.63, 3.8) is 0 Å². The molecular formula is C17H24N2O2. The minimum Gasteiger partial charge on any atom is -0.386 e. The normalized spacial score (nSPS) is 17.1. The molecule has 1 aromatic rings. The van der Waals surface area contributed by atoms with E-state index in [0.29, 0.717) is 13.1 Å². The highest BCUT2D eigenvalue weighted by atomic mass is 16.3. The maximum absolute atomic E-state index is 12.2. The predicted molar refractivity (Wildman–Crippen MR) is 84.9 cm³/mol. The highest BCUT2D eigenvalue weighted by Gasteiger charge is 2.40. The zero-order valence-corrected chi connectivity index (χ0v) is 13.2. The summed E-state index contributed by atoms with van der Waals surface area (Å²) in [6.07, 6.45) is 0. The standard InChI is InChI=1S/C17H24N2O2/c1-12(2)13-7-6-8-14(9-13)16(3,4)18-15(20)19-10-17(5,21)11-19/h6-9,21H,1,10-11H2,2-5H3,(H,18,20). The monoisotopic (exact) mass is 288 g/mol. The molecule has 2 amide bonds. The van der Waals surface area contributed by atoms with Crippen LogP contribution in [0.5, 0.6) is 0 Å². The van der Waals surface area contributed by atoms with Gasteiger partial charge in [0.25, 0.3) is 0 Å². The van der Waals surface area contributed by atoms with Gasteiger partial charge in [0.1, 0.15) is 0 Å². The average molecular weight is 288 g/mol. The molecule has 21 heavy (non-hydrogen) atoms. The van der Waals surface area contributed by atoms with Crippen LogP contribution >= 0.6 is 0 Å². The molecule has 0 spiro atoms. The number of urea groups is 1. The van der Waals surface area contributed by atoms with E-state index in [2.05, 4.69) is 18.0 Å². The number of β-amino-alcohol motifs (C(OH)–C–C–N with tert-alkyl or cyclic N) is 1. The first-order valence-corrected chi connectivity index (χ1v) is 7.17. The molecule has 0 bridgehead atoms. The van der Waals surface area contributed by atoms with Crippen molar-refractivity contribution in [2.24, 2.45) is 0 Å². The van der Waals surface area contributed by atoms with Crippen LogP contribution in [0.25, 0.3) is 5.57 Å². The third kappa shape index (κ3) is 3.45. The number of amides is 2. The SMILES string of the molecule is C=C(C)c1cccc(C(C)(C)NC(=O)N2CC(C)(O)C2)c1. The van der Waals surface area contributed by atoms with E-state index < -0.39 is 11.1 Å². The summed E-state index contributed by atoms with van der Waals surface area (Å²) in [5.41, 5.74) is 1.87. The number of nitrogens with one attached hydrogen (secondary N) is 1. The second-order valence-electron chi connectivity index (χ2n) is 6.77. The van der Waals surface area contributed by atoms with Gasteiger partial charge in [-0.15, -0.1) is 0 Å². The van der Waals surface area contributed by atoms with E-state index in [-0.39, 0.29) is 6.03 Å². The van der Waals surface area contributed by atoms with Crippen LogP contribution in [0.15, 0.2) is 30.8 Å². The fourth-order valence-corrected chi connectivity index (χ4v) is 2.51. The first kappa shape index (κ1) is 15.6. The lowest BCUT2D eigenvalue weighted by atomic mass is 9.91. The van der Waals surface area contributed by atoms with Crippen molar-refractivity contribution in [1.82, 2.24) is 10.2 Å². The lowest BCUT2D eigenvalue weighted by Gasteiger charge is -2.45. The van der Waals surface area contributed by atoms with Crippen molar-refractivity contribution in [2.45, 2.75) is 38.8 Å². The Morgan fingerprint density at radius 1 is 1.43 bits per heavy atom. The largest absolute Gasteiger partial charge is 0.386 e. The van der Waals surface area contributed by atoms with Gasteiger partial charge in [-0.1, -0.05) is 30.4 Å².